The first-order valence-electron chi connectivity index (χ1n) is 4.90. The normalized spacial score (nSPS) is 12.9. The lowest BCUT2D eigenvalue weighted by atomic mass is 9.98. The van der Waals surface area contributed by atoms with Gasteiger partial charge in [-0.2, -0.15) is 0 Å². The van der Waals surface area contributed by atoms with Crippen molar-refractivity contribution < 1.29 is 4.79 Å². The molecule has 0 saturated carbocycles. The summed E-state index contributed by atoms with van der Waals surface area (Å²) in [7, 11) is 0. The summed E-state index contributed by atoms with van der Waals surface area (Å²) in [5.41, 5.74) is 0. The van der Waals surface area contributed by atoms with Gasteiger partial charge in [-0.3, -0.25) is 4.79 Å². The second kappa shape index (κ2) is 7.66. The van der Waals surface area contributed by atoms with Gasteiger partial charge in [-0.15, -0.1) is 0 Å². The van der Waals surface area contributed by atoms with Crippen molar-refractivity contribution >= 4 is 16.9 Å². The first kappa shape index (κ1) is 12.0. The number of hydrogen-bond donors (Lipinski definition) is 0. The number of rotatable bonds is 6. The van der Waals surface area contributed by atoms with E-state index in [1.807, 2.05) is 6.92 Å². The van der Waals surface area contributed by atoms with Crippen molar-refractivity contribution in [1.29, 1.82) is 0 Å². The predicted molar refractivity (Wildman–Crippen MR) is 56.4 cm³/mol. The summed E-state index contributed by atoms with van der Waals surface area (Å²) in [5, 5.41) is 0.373. The molecule has 0 radical (unpaired) electrons. The van der Waals surface area contributed by atoms with Crippen LogP contribution >= 0.6 is 11.8 Å². The highest BCUT2D eigenvalue weighted by Gasteiger charge is 2.10. The quantitative estimate of drug-likeness (QED) is 0.635. The molecule has 0 aliphatic heterocycles. The van der Waals surface area contributed by atoms with Crippen molar-refractivity contribution in [2.24, 2.45) is 5.92 Å². The van der Waals surface area contributed by atoms with Crippen LogP contribution in [0.5, 0.6) is 0 Å². The Bertz CT molecular complexity index is 123. The molecule has 0 heterocycles. The van der Waals surface area contributed by atoms with Crippen LogP contribution in [0, 0.1) is 5.92 Å². The zero-order valence-electron chi connectivity index (χ0n) is 8.43. The summed E-state index contributed by atoms with van der Waals surface area (Å²) in [5.74, 6) is 1.54. The minimum Gasteiger partial charge on any atom is -0.287 e. The van der Waals surface area contributed by atoms with E-state index in [1.165, 1.54) is 24.6 Å². The molecule has 0 unspecified atom stereocenters. The van der Waals surface area contributed by atoms with E-state index < -0.39 is 0 Å². The zero-order chi connectivity index (χ0) is 9.40. The summed E-state index contributed by atoms with van der Waals surface area (Å²) < 4.78 is 0. The molecule has 0 aromatic heterocycles. The summed E-state index contributed by atoms with van der Waals surface area (Å²) in [6.45, 7) is 6.38. The highest BCUT2D eigenvalue weighted by Crippen LogP contribution is 2.19. The minimum atomic E-state index is 0.373. The fraction of sp³-hybridized carbons (Fsp3) is 0.900. The topological polar surface area (TPSA) is 17.1 Å². The van der Waals surface area contributed by atoms with Gasteiger partial charge in [0, 0.05) is 6.42 Å². The lowest BCUT2D eigenvalue weighted by molar-refractivity contribution is -0.111. The first-order chi connectivity index (χ1) is 5.74. The number of thioether (sulfide) groups is 1. The Kier molecular flexibility index (Phi) is 7.67. The number of carbonyl (C=O) groups excluding carboxylic acids is 1. The highest BCUT2D eigenvalue weighted by molar-refractivity contribution is 8.13. The highest BCUT2D eigenvalue weighted by atomic mass is 32.2. The van der Waals surface area contributed by atoms with Crippen LogP contribution in [0.1, 0.15) is 46.5 Å². The molecule has 0 amide bonds. The number of hydrogen-bond acceptors (Lipinski definition) is 2. The van der Waals surface area contributed by atoms with Crippen molar-refractivity contribution in [3.8, 4) is 0 Å². The minimum absolute atomic E-state index is 0.373. The largest absolute Gasteiger partial charge is 0.287 e. The molecule has 0 saturated heterocycles. The van der Waals surface area contributed by atoms with E-state index in [4.69, 9.17) is 0 Å². The van der Waals surface area contributed by atoms with Gasteiger partial charge in [0.15, 0.2) is 5.12 Å². The summed E-state index contributed by atoms with van der Waals surface area (Å²) in [4.78, 5) is 11.3. The van der Waals surface area contributed by atoms with Gasteiger partial charge in [0.2, 0.25) is 0 Å². The summed E-state index contributed by atoms with van der Waals surface area (Å²) >= 11 is 1.46. The van der Waals surface area contributed by atoms with Crippen LogP contribution < -0.4 is 0 Å². The van der Waals surface area contributed by atoms with Crippen molar-refractivity contribution in [3.63, 3.8) is 0 Å². The molecule has 0 spiro atoms. The Morgan fingerprint density at radius 3 is 2.42 bits per heavy atom. The van der Waals surface area contributed by atoms with E-state index in [-0.39, 0.29) is 0 Å². The van der Waals surface area contributed by atoms with E-state index in [2.05, 4.69) is 13.8 Å². The molecule has 0 fully saturated rings. The molecule has 1 nitrogen and oxygen atoms in total. The van der Waals surface area contributed by atoms with E-state index >= 15 is 0 Å². The Morgan fingerprint density at radius 2 is 2.00 bits per heavy atom. The zero-order valence-corrected chi connectivity index (χ0v) is 9.25. The van der Waals surface area contributed by atoms with Crippen molar-refractivity contribution in [1.82, 2.24) is 0 Å². The van der Waals surface area contributed by atoms with Crippen molar-refractivity contribution in [3.05, 3.63) is 0 Å². The standard InChI is InChI=1S/C10H20OS/c1-4-7-9(5-2)8-10(11)12-6-3/h9H,4-8H2,1-3H3/t9-/m0/s1. The van der Waals surface area contributed by atoms with Crippen LogP contribution in [-0.4, -0.2) is 10.9 Å². The average molecular weight is 188 g/mol. The summed E-state index contributed by atoms with van der Waals surface area (Å²) in [6.07, 6.45) is 4.32. The lowest BCUT2D eigenvalue weighted by Gasteiger charge is -2.11. The van der Waals surface area contributed by atoms with Gasteiger partial charge < -0.3 is 0 Å². The van der Waals surface area contributed by atoms with E-state index in [0.29, 0.717) is 11.0 Å². The van der Waals surface area contributed by atoms with Crippen molar-refractivity contribution in [2.75, 3.05) is 5.75 Å². The van der Waals surface area contributed by atoms with Crippen LogP contribution in [0.25, 0.3) is 0 Å². The molecule has 0 aliphatic carbocycles. The van der Waals surface area contributed by atoms with Gasteiger partial charge in [0.05, 0.1) is 0 Å². The van der Waals surface area contributed by atoms with Gasteiger partial charge in [-0.25, -0.2) is 0 Å². The predicted octanol–water partition coefficient (Wildman–Crippen LogP) is 3.48. The van der Waals surface area contributed by atoms with Crippen LogP contribution in [0.4, 0.5) is 0 Å². The Labute approximate surface area is 80.3 Å². The first-order valence-corrected chi connectivity index (χ1v) is 5.88. The SMILES string of the molecule is CCC[C@H](CC)CC(=O)SCC. The molecule has 0 rings (SSSR count). The third kappa shape index (κ3) is 5.64. The monoisotopic (exact) mass is 188 g/mol. The Hall–Kier alpha value is 0.0200. The fourth-order valence-electron chi connectivity index (χ4n) is 1.31. The molecule has 72 valence electrons. The van der Waals surface area contributed by atoms with E-state index in [1.54, 1.807) is 0 Å². The third-order valence-corrected chi connectivity index (χ3v) is 2.81. The van der Waals surface area contributed by atoms with Crippen LogP contribution in [0.3, 0.4) is 0 Å². The molecule has 2 heteroatoms. The van der Waals surface area contributed by atoms with Crippen LogP contribution in [-0.2, 0) is 4.79 Å². The smallest absolute Gasteiger partial charge is 0.189 e. The molecule has 0 aliphatic rings. The van der Waals surface area contributed by atoms with Gasteiger partial charge in [-0.05, 0) is 11.7 Å². The average Bonchev–Trinajstić information content (AvgIpc) is 2.04. The van der Waals surface area contributed by atoms with Crippen LogP contribution in [0.2, 0.25) is 0 Å². The van der Waals surface area contributed by atoms with Gasteiger partial charge in [0.1, 0.15) is 0 Å². The molecule has 1 atom stereocenters. The maximum absolute atomic E-state index is 11.3. The lowest BCUT2D eigenvalue weighted by Crippen LogP contribution is -2.04. The second-order valence-corrected chi connectivity index (χ2v) is 4.39. The maximum Gasteiger partial charge on any atom is 0.189 e. The van der Waals surface area contributed by atoms with E-state index in [9.17, 15) is 4.79 Å². The van der Waals surface area contributed by atoms with Gasteiger partial charge in [0.25, 0.3) is 0 Å². The molecule has 0 bridgehead atoms. The molecular formula is C10H20OS. The summed E-state index contributed by atoms with van der Waals surface area (Å²) in [6, 6.07) is 0. The Morgan fingerprint density at radius 1 is 1.33 bits per heavy atom. The van der Waals surface area contributed by atoms with Gasteiger partial charge in [-0.1, -0.05) is 51.8 Å². The van der Waals surface area contributed by atoms with Crippen molar-refractivity contribution in [2.45, 2.75) is 46.5 Å². The molecule has 12 heavy (non-hydrogen) atoms. The van der Waals surface area contributed by atoms with E-state index in [0.717, 1.165) is 18.6 Å². The Balaban J connectivity index is 3.61. The molecule has 0 aromatic rings. The van der Waals surface area contributed by atoms with Crippen LogP contribution in [0.15, 0.2) is 0 Å². The third-order valence-electron chi connectivity index (χ3n) is 2.03. The van der Waals surface area contributed by atoms with Gasteiger partial charge >= 0.3 is 0 Å². The molecule has 0 aromatic carbocycles. The maximum atomic E-state index is 11.3. The fourth-order valence-corrected chi connectivity index (χ4v) is 1.99. The molecule has 0 N–H and O–H groups in total. The molecular weight excluding hydrogens is 168 g/mol. The second-order valence-electron chi connectivity index (χ2n) is 3.07. The number of carbonyl (C=O) groups is 1.